The number of benzene rings is 1. The van der Waals surface area contributed by atoms with Crippen LogP contribution in [0.4, 0.5) is 0 Å². The van der Waals surface area contributed by atoms with Crippen molar-refractivity contribution in [3.05, 3.63) is 42.1 Å². The molecule has 0 unspecified atom stereocenters. The zero-order chi connectivity index (χ0) is 19.8. The van der Waals surface area contributed by atoms with Crippen molar-refractivity contribution >= 4 is 38.6 Å². The third kappa shape index (κ3) is 5.59. The Morgan fingerprint density at radius 1 is 1.21 bits per heavy atom. The van der Waals surface area contributed by atoms with Crippen LogP contribution in [-0.2, 0) is 16.6 Å². The fraction of sp³-hybridized carbons (Fsp3) is 0.474. The Labute approximate surface area is 171 Å². The predicted molar refractivity (Wildman–Crippen MR) is 117 cm³/mol. The Morgan fingerprint density at radius 3 is 2.79 bits per heavy atom. The van der Waals surface area contributed by atoms with Crippen molar-refractivity contribution in [2.45, 2.75) is 13.5 Å². The van der Waals surface area contributed by atoms with Crippen LogP contribution in [-0.4, -0.2) is 67.1 Å². The summed E-state index contributed by atoms with van der Waals surface area (Å²) in [4.78, 5) is 8.99. The van der Waals surface area contributed by atoms with Gasteiger partial charge < -0.3 is 10.6 Å². The first-order valence-electron chi connectivity index (χ1n) is 9.50. The second-order valence-corrected chi connectivity index (χ2v) is 9.75. The van der Waals surface area contributed by atoms with Gasteiger partial charge >= 0.3 is 0 Å². The first-order valence-corrected chi connectivity index (χ1v) is 12.3. The Hall–Kier alpha value is -1.84. The van der Waals surface area contributed by atoms with Gasteiger partial charge in [0.2, 0.25) is 10.0 Å². The van der Waals surface area contributed by atoms with Gasteiger partial charge in [-0.1, -0.05) is 18.2 Å². The van der Waals surface area contributed by atoms with Gasteiger partial charge in [-0.2, -0.15) is 11.8 Å². The Balaban J connectivity index is 1.61. The highest BCUT2D eigenvalue weighted by atomic mass is 32.2. The van der Waals surface area contributed by atoms with Crippen molar-refractivity contribution in [2.24, 2.45) is 4.99 Å². The van der Waals surface area contributed by atoms with Crippen LogP contribution in [0, 0.1) is 0 Å². The lowest BCUT2D eigenvalue weighted by Crippen LogP contribution is -2.44. The van der Waals surface area contributed by atoms with Crippen LogP contribution < -0.4 is 10.6 Å². The van der Waals surface area contributed by atoms with Crippen LogP contribution in [0.5, 0.6) is 0 Å². The van der Waals surface area contributed by atoms with Gasteiger partial charge in [0.25, 0.3) is 0 Å². The first-order chi connectivity index (χ1) is 13.6. The summed E-state index contributed by atoms with van der Waals surface area (Å²) in [6.45, 7) is 4.73. The molecule has 7 nitrogen and oxygen atoms in total. The lowest BCUT2D eigenvalue weighted by molar-refractivity contribution is 0.443. The van der Waals surface area contributed by atoms with Gasteiger partial charge in [0.05, 0.1) is 17.8 Å². The summed E-state index contributed by atoms with van der Waals surface area (Å²) in [5.74, 6) is 2.43. The lowest BCUT2D eigenvalue weighted by Gasteiger charge is -2.25. The normalized spacial score (nSPS) is 16.2. The van der Waals surface area contributed by atoms with E-state index in [9.17, 15) is 8.42 Å². The molecule has 0 radical (unpaired) electrons. The fourth-order valence-electron chi connectivity index (χ4n) is 3.05. The maximum absolute atomic E-state index is 12.5. The minimum atomic E-state index is -3.22. The van der Waals surface area contributed by atoms with E-state index in [1.807, 2.05) is 37.3 Å². The van der Waals surface area contributed by atoms with Crippen LogP contribution in [0.25, 0.3) is 10.9 Å². The van der Waals surface area contributed by atoms with Crippen molar-refractivity contribution in [1.82, 2.24) is 19.9 Å². The Kier molecular flexibility index (Phi) is 7.52. The van der Waals surface area contributed by atoms with Crippen molar-refractivity contribution in [2.75, 3.05) is 43.4 Å². The van der Waals surface area contributed by atoms with Crippen molar-refractivity contribution in [3.63, 3.8) is 0 Å². The molecule has 2 N–H and O–H groups in total. The second kappa shape index (κ2) is 10.1. The molecule has 0 atom stereocenters. The smallest absolute Gasteiger partial charge is 0.215 e. The molecule has 9 heteroatoms. The van der Waals surface area contributed by atoms with E-state index in [0.29, 0.717) is 38.7 Å². The molecule has 0 aliphatic carbocycles. The molecule has 1 aliphatic heterocycles. The molecule has 28 heavy (non-hydrogen) atoms. The number of para-hydroxylation sites is 1. The molecule has 2 aromatic rings. The summed E-state index contributed by atoms with van der Waals surface area (Å²) >= 11 is 1.80. The molecule has 1 fully saturated rings. The van der Waals surface area contributed by atoms with Crippen molar-refractivity contribution in [1.29, 1.82) is 0 Å². The highest BCUT2D eigenvalue weighted by molar-refractivity contribution is 7.99. The van der Waals surface area contributed by atoms with Gasteiger partial charge in [0, 0.05) is 49.3 Å². The zero-order valence-electron chi connectivity index (χ0n) is 16.1. The van der Waals surface area contributed by atoms with Gasteiger partial charge in [0.1, 0.15) is 0 Å². The average molecular weight is 422 g/mol. The van der Waals surface area contributed by atoms with E-state index in [-0.39, 0.29) is 5.75 Å². The highest BCUT2D eigenvalue weighted by Crippen LogP contribution is 2.17. The SMILES string of the molecule is CCNC(=NCc1ccnc2ccccc12)NCCS(=O)(=O)N1CCSCC1. The number of rotatable bonds is 7. The van der Waals surface area contributed by atoms with Crippen molar-refractivity contribution in [3.8, 4) is 0 Å². The van der Waals surface area contributed by atoms with Gasteiger partial charge in [-0.3, -0.25) is 4.98 Å². The number of sulfonamides is 1. The summed E-state index contributed by atoms with van der Waals surface area (Å²) in [5.41, 5.74) is 2.03. The largest absolute Gasteiger partial charge is 0.357 e. The molecule has 1 aromatic heterocycles. The van der Waals surface area contributed by atoms with Crippen LogP contribution in [0.2, 0.25) is 0 Å². The van der Waals surface area contributed by atoms with E-state index in [1.54, 1.807) is 22.3 Å². The summed E-state index contributed by atoms with van der Waals surface area (Å²) in [7, 11) is -3.22. The number of aliphatic imine (C=N–C) groups is 1. The lowest BCUT2D eigenvalue weighted by atomic mass is 10.1. The van der Waals surface area contributed by atoms with Gasteiger partial charge in [-0.15, -0.1) is 0 Å². The molecule has 0 spiro atoms. The average Bonchev–Trinajstić information content (AvgIpc) is 2.72. The van der Waals surface area contributed by atoms with Gasteiger partial charge in [0.15, 0.2) is 5.96 Å². The number of nitrogens with one attached hydrogen (secondary N) is 2. The topological polar surface area (TPSA) is 86.7 Å². The van der Waals surface area contributed by atoms with Crippen LogP contribution in [0.1, 0.15) is 12.5 Å². The number of pyridine rings is 1. The minimum absolute atomic E-state index is 0.0697. The molecule has 1 saturated heterocycles. The number of nitrogens with zero attached hydrogens (tertiary/aromatic N) is 3. The van der Waals surface area contributed by atoms with Crippen LogP contribution in [0.15, 0.2) is 41.5 Å². The molecule has 0 amide bonds. The van der Waals surface area contributed by atoms with E-state index in [0.717, 1.165) is 28.0 Å². The Bertz CT molecular complexity index is 906. The summed E-state index contributed by atoms with van der Waals surface area (Å²) in [5, 5.41) is 7.40. The van der Waals surface area contributed by atoms with Gasteiger partial charge in [-0.05, 0) is 24.6 Å². The number of aromatic nitrogens is 1. The predicted octanol–water partition coefficient (Wildman–Crippen LogP) is 1.67. The third-order valence-corrected chi connectivity index (χ3v) is 7.32. The number of fused-ring (bicyclic) bond motifs is 1. The molecule has 1 aliphatic rings. The van der Waals surface area contributed by atoms with Crippen LogP contribution in [0.3, 0.4) is 0 Å². The maximum Gasteiger partial charge on any atom is 0.215 e. The number of guanidine groups is 1. The van der Waals surface area contributed by atoms with Crippen molar-refractivity contribution < 1.29 is 8.42 Å². The standard InChI is InChI=1S/C19H27N5O2S2/c1-2-20-19(22-9-14-28(25,26)24-10-12-27-13-11-24)23-15-16-7-8-21-18-6-4-3-5-17(16)18/h3-8H,2,9-15H2,1H3,(H2,20,22,23). The van der Waals surface area contributed by atoms with E-state index in [4.69, 9.17) is 0 Å². The number of hydrogen-bond donors (Lipinski definition) is 2. The van der Waals surface area contributed by atoms with E-state index in [1.165, 1.54) is 0 Å². The monoisotopic (exact) mass is 421 g/mol. The molecule has 3 rings (SSSR count). The van der Waals surface area contributed by atoms with E-state index >= 15 is 0 Å². The Morgan fingerprint density at radius 2 is 2.00 bits per heavy atom. The molecular formula is C19H27N5O2S2. The van der Waals surface area contributed by atoms with E-state index < -0.39 is 10.0 Å². The quantitative estimate of drug-likeness (QED) is 0.522. The minimum Gasteiger partial charge on any atom is -0.357 e. The first kappa shape index (κ1) is 20.9. The number of hydrogen-bond acceptors (Lipinski definition) is 5. The molecule has 2 heterocycles. The highest BCUT2D eigenvalue weighted by Gasteiger charge is 2.23. The molecule has 0 saturated carbocycles. The molecular weight excluding hydrogens is 394 g/mol. The second-order valence-electron chi connectivity index (χ2n) is 6.44. The summed E-state index contributed by atoms with van der Waals surface area (Å²) in [6.07, 6.45) is 1.79. The van der Waals surface area contributed by atoms with E-state index in [2.05, 4.69) is 20.6 Å². The van der Waals surface area contributed by atoms with Crippen LogP contribution >= 0.6 is 11.8 Å². The molecule has 1 aromatic carbocycles. The molecule has 0 bridgehead atoms. The fourth-order valence-corrected chi connectivity index (χ4v) is 5.54. The van der Waals surface area contributed by atoms with Gasteiger partial charge in [-0.25, -0.2) is 17.7 Å². The third-order valence-electron chi connectivity index (χ3n) is 4.51. The zero-order valence-corrected chi connectivity index (χ0v) is 17.7. The summed E-state index contributed by atoms with van der Waals surface area (Å²) < 4.78 is 26.5. The maximum atomic E-state index is 12.5. The number of thioether (sulfide) groups is 1. The molecule has 152 valence electrons. The summed E-state index contributed by atoms with van der Waals surface area (Å²) in [6, 6.07) is 9.95.